The van der Waals surface area contributed by atoms with E-state index in [1.54, 1.807) is 30.6 Å². The van der Waals surface area contributed by atoms with Crippen LogP contribution in [0.15, 0.2) is 105 Å². The zero-order chi connectivity index (χ0) is 37.0. The molecule has 0 saturated heterocycles. The number of ketones is 2. The monoisotopic (exact) mass is 784 g/mol. The smallest absolute Gasteiger partial charge is 0.645 e. The summed E-state index contributed by atoms with van der Waals surface area (Å²) in [6, 6.07) is 8.96. The zero-order valence-electron chi connectivity index (χ0n) is 29.1. The number of carbonyl (C=O) groups is 3. The maximum absolute atomic E-state index is 11.4. The average Bonchev–Trinajstić information content (AvgIpc) is 3.06. The molecule has 15 heteroatoms. The van der Waals surface area contributed by atoms with Crippen molar-refractivity contribution in [3.8, 4) is 17.1 Å². The average molecular weight is 785 g/mol. The Balaban J connectivity index is 0. The van der Waals surface area contributed by atoms with Gasteiger partial charge in [0, 0.05) is 50.5 Å². The molecular formula is C35H44KN2O8P3S. The van der Waals surface area contributed by atoms with Crippen molar-refractivity contribution in [1.29, 1.82) is 0 Å². The van der Waals surface area contributed by atoms with E-state index in [2.05, 4.69) is 84.6 Å². The summed E-state index contributed by atoms with van der Waals surface area (Å²) in [5, 5.41) is 17.5. The Morgan fingerprint density at radius 3 is 2.06 bits per heavy atom. The Morgan fingerprint density at radius 1 is 0.940 bits per heavy atom. The molecule has 0 aliphatic carbocycles. The predicted octanol–water partition coefficient (Wildman–Crippen LogP) is 5.77. The van der Waals surface area contributed by atoms with Gasteiger partial charge in [-0.1, -0.05) is 43.9 Å². The number of pyridine rings is 2. The molecule has 0 radical (unpaired) electrons. The third-order valence-corrected chi connectivity index (χ3v) is 6.95. The van der Waals surface area contributed by atoms with Crippen molar-refractivity contribution in [2.24, 2.45) is 0 Å². The largest absolute Gasteiger partial charge is 1.00 e. The van der Waals surface area contributed by atoms with Gasteiger partial charge in [-0.25, -0.2) is 4.79 Å². The van der Waals surface area contributed by atoms with E-state index in [-0.39, 0.29) is 57.1 Å². The molecule has 0 aliphatic heterocycles. The number of rotatable bonds is 15. The van der Waals surface area contributed by atoms with Gasteiger partial charge in [0.15, 0.2) is 11.6 Å². The molecule has 0 saturated carbocycles. The first-order chi connectivity index (χ1) is 23.4. The van der Waals surface area contributed by atoms with E-state index in [9.17, 15) is 24.3 Å². The van der Waals surface area contributed by atoms with E-state index < -0.39 is 36.0 Å². The van der Waals surface area contributed by atoms with Crippen molar-refractivity contribution in [3.63, 3.8) is 0 Å². The predicted molar refractivity (Wildman–Crippen MR) is 204 cm³/mol. The summed E-state index contributed by atoms with van der Waals surface area (Å²) in [7, 11) is 6.21. The summed E-state index contributed by atoms with van der Waals surface area (Å²) >= 11 is 3.78. The second kappa shape index (κ2) is 31.8. The standard InChI is InChI=1S/C15H28OP2.C10H9NO4.C10H7NO3.K.PS/c1-13(2)7-5-8-14(3)9-6-10-15(4)11-12-16-18-17;12-8(5-10(14)15)4-9(13)7-2-1-3-11-6-7;12-8-4-9(14-10(13)5-8)7-2-1-3-11-6-7;;1-2/h7,9,11,18H,5-6,8,10,12,17H2,1-4H3;1-3,6H,4-5H2,(H,14,15);1-6,12H;;/q;;;+1;-1/b14-9+,15-11+;;;;. The number of Topliss-reactive ketones (excluding diaryl/α,β-unsaturated/α-hetero) is 2. The molecule has 3 aromatic heterocycles. The van der Waals surface area contributed by atoms with Gasteiger partial charge in [0.1, 0.15) is 17.9 Å². The molecule has 3 heterocycles. The van der Waals surface area contributed by atoms with Crippen molar-refractivity contribution in [2.75, 3.05) is 6.61 Å². The molecular weight excluding hydrogens is 740 g/mol. The Morgan fingerprint density at radius 2 is 1.54 bits per heavy atom. The Hall–Kier alpha value is -1.94. The van der Waals surface area contributed by atoms with Crippen LogP contribution >= 0.6 is 25.4 Å². The summed E-state index contributed by atoms with van der Waals surface area (Å²) in [6.07, 6.45) is 16.5. The first-order valence-corrected chi connectivity index (χ1v) is 19.2. The minimum atomic E-state index is -1.22. The van der Waals surface area contributed by atoms with Gasteiger partial charge in [-0.05, 0) is 77.6 Å². The van der Waals surface area contributed by atoms with Crippen molar-refractivity contribution in [2.45, 2.75) is 66.2 Å². The zero-order valence-corrected chi connectivity index (χ0v) is 36.1. The quantitative estimate of drug-likeness (QED) is 0.0482. The van der Waals surface area contributed by atoms with Gasteiger partial charge in [0.25, 0.3) is 0 Å². The fourth-order valence-electron chi connectivity index (χ4n) is 3.73. The van der Waals surface area contributed by atoms with Crippen LogP contribution in [0.1, 0.15) is 76.6 Å². The number of hydrogen-bond donors (Lipinski definition) is 2. The van der Waals surface area contributed by atoms with Gasteiger partial charge in [0.2, 0.25) is 0 Å². The normalized spacial score (nSPS) is 10.6. The first-order valence-electron chi connectivity index (χ1n) is 15.0. The molecule has 2 atom stereocenters. The molecule has 0 bridgehead atoms. The number of aliphatic carboxylic acids is 1. The van der Waals surface area contributed by atoms with Crippen molar-refractivity contribution >= 4 is 54.8 Å². The molecule has 2 unspecified atom stereocenters. The number of aromatic nitrogens is 2. The minimum Gasteiger partial charge on any atom is -0.645 e. The van der Waals surface area contributed by atoms with Crippen LogP contribution < -0.4 is 57.0 Å². The van der Waals surface area contributed by atoms with E-state index in [0.717, 1.165) is 25.5 Å². The minimum absolute atomic E-state index is 0. The molecule has 264 valence electrons. The maximum atomic E-state index is 11.4. The van der Waals surface area contributed by atoms with E-state index in [0.29, 0.717) is 25.4 Å². The molecule has 0 aliphatic rings. The first kappa shape index (κ1) is 50.2. The number of allylic oxidation sites excluding steroid dienone is 5. The Kier molecular flexibility index (Phi) is 31.9. The Labute approximate surface area is 348 Å². The maximum Gasteiger partial charge on any atom is 1.00 e. The number of carboxylic acids is 1. The van der Waals surface area contributed by atoms with E-state index in [4.69, 9.17) is 14.0 Å². The third kappa shape index (κ3) is 26.8. The van der Waals surface area contributed by atoms with Gasteiger partial charge in [0.05, 0.1) is 19.1 Å². The van der Waals surface area contributed by atoms with Crippen molar-refractivity contribution < 1.29 is 84.9 Å². The summed E-state index contributed by atoms with van der Waals surface area (Å²) in [5.74, 6) is -2.03. The number of aromatic hydroxyl groups is 1. The molecule has 0 spiro atoms. The van der Waals surface area contributed by atoms with Crippen LogP contribution in [0.5, 0.6) is 5.75 Å². The van der Waals surface area contributed by atoms with Gasteiger partial charge >= 0.3 is 63.0 Å². The van der Waals surface area contributed by atoms with Gasteiger partial charge in [-0.15, -0.1) is 0 Å². The van der Waals surface area contributed by atoms with Crippen molar-refractivity contribution in [1.82, 2.24) is 9.97 Å². The van der Waals surface area contributed by atoms with Crippen LogP contribution in [-0.2, 0) is 25.9 Å². The van der Waals surface area contributed by atoms with Gasteiger partial charge in [-0.3, -0.25) is 24.4 Å². The fourth-order valence-corrected chi connectivity index (χ4v) is 4.19. The second-order valence-electron chi connectivity index (χ2n) is 10.6. The van der Waals surface area contributed by atoms with Crippen LogP contribution in [0.2, 0.25) is 0 Å². The Bertz CT molecular complexity index is 1580. The topological polar surface area (TPSA) is 157 Å². The molecule has 0 amide bonds. The van der Waals surface area contributed by atoms with Gasteiger partial charge in [-0.2, -0.15) is 0 Å². The molecule has 2 N–H and O–H groups in total. The number of nitrogens with zero attached hydrogens (tertiary/aromatic N) is 2. The molecule has 10 nitrogen and oxygen atoms in total. The molecule has 0 fully saturated rings. The SMILES string of the molecule is CC(C)=CCC/C(C)=C/CC/C(C)=C/COPP.O=C(O)CC(=O)CC(=O)c1cccnc1.O=c1cc(O)cc(-c2cccnc2)o1.[K+].[P-]=S. The summed E-state index contributed by atoms with van der Waals surface area (Å²) in [6.45, 7) is 9.48. The van der Waals surface area contributed by atoms with Crippen LogP contribution in [0.25, 0.3) is 11.3 Å². The van der Waals surface area contributed by atoms with Crippen LogP contribution in [0, 0.1) is 0 Å². The van der Waals surface area contributed by atoms with Crippen LogP contribution in [0.4, 0.5) is 0 Å². The molecule has 50 heavy (non-hydrogen) atoms. The molecule has 3 rings (SSSR count). The van der Waals surface area contributed by atoms with Gasteiger partial charge < -0.3 is 39.0 Å². The molecule has 3 aromatic rings. The fraction of sp³-hybridized carbons (Fsp3) is 0.314. The number of carbonyl (C=O) groups excluding carboxylic acids is 2. The van der Waals surface area contributed by atoms with Crippen LogP contribution in [0.3, 0.4) is 0 Å². The van der Waals surface area contributed by atoms with Crippen molar-refractivity contribution in [3.05, 3.63) is 112 Å². The van der Waals surface area contributed by atoms with Crippen LogP contribution in [-0.4, -0.2) is 44.3 Å². The molecule has 0 aromatic carbocycles. The third-order valence-electron chi connectivity index (χ3n) is 6.11. The summed E-state index contributed by atoms with van der Waals surface area (Å²) in [4.78, 5) is 51.1. The summed E-state index contributed by atoms with van der Waals surface area (Å²) in [5.41, 5.74) is 4.73. The van der Waals surface area contributed by atoms with E-state index in [1.807, 2.05) is 0 Å². The second-order valence-corrected chi connectivity index (χ2v) is 11.8. The van der Waals surface area contributed by atoms with E-state index in [1.165, 1.54) is 54.1 Å². The number of carboxylic acid groups (broad SMARTS) is 1. The van der Waals surface area contributed by atoms with E-state index >= 15 is 0 Å². The summed E-state index contributed by atoms with van der Waals surface area (Å²) < 4.78 is 10.2. The number of hydrogen-bond acceptors (Lipinski definition) is 10.